The number of hydrogen-bond donors (Lipinski definition) is 1. The Morgan fingerprint density at radius 3 is 3.00 bits per heavy atom. The Labute approximate surface area is 131 Å². The van der Waals surface area contributed by atoms with Gasteiger partial charge in [0.1, 0.15) is 5.01 Å². The molecule has 0 aliphatic heterocycles. The molecular weight excluding hydrogens is 330 g/mol. The van der Waals surface area contributed by atoms with Gasteiger partial charge in [0.05, 0.1) is 10.6 Å². The fourth-order valence-corrected chi connectivity index (χ4v) is 3.21. The first-order valence-corrected chi connectivity index (χ1v) is 8.49. The Balaban J connectivity index is 1.54. The predicted octanol–water partition coefficient (Wildman–Crippen LogP) is 2.69. The highest BCUT2D eigenvalue weighted by Gasteiger charge is 2.12. The number of rotatable bonds is 5. The number of anilines is 1. The van der Waals surface area contributed by atoms with Gasteiger partial charge >= 0.3 is 0 Å². The Hall–Kier alpha value is -1.78. The summed E-state index contributed by atoms with van der Waals surface area (Å²) < 4.78 is 5.48. The quantitative estimate of drug-likeness (QED) is 0.714. The molecular formula is C11H9N5O2S3. The summed E-state index contributed by atoms with van der Waals surface area (Å²) in [5, 5.41) is 21.8. The van der Waals surface area contributed by atoms with Gasteiger partial charge in [-0.1, -0.05) is 29.2 Å². The van der Waals surface area contributed by atoms with Crippen LogP contribution in [0.15, 0.2) is 27.2 Å². The van der Waals surface area contributed by atoms with Gasteiger partial charge in [0, 0.05) is 0 Å². The monoisotopic (exact) mass is 339 g/mol. The van der Waals surface area contributed by atoms with Gasteiger partial charge in [-0.2, -0.15) is 0 Å². The zero-order valence-electron chi connectivity index (χ0n) is 10.8. The third kappa shape index (κ3) is 3.65. The van der Waals surface area contributed by atoms with E-state index in [0.29, 0.717) is 16.2 Å². The standard InChI is InChI=1S/C11H9N5O2S3/c1-6-13-15-10(21-6)12-8(17)5-20-11-16-14-9(18-11)7-3-2-4-19-7/h2-4H,5H2,1H3,(H,12,15,17). The molecule has 1 amide bonds. The molecule has 3 aromatic heterocycles. The van der Waals surface area contributed by atoms with Crippen LogP contribution in [0, 0.1) is 6.92 Å². The maximum Gasteiger partial charge on any atom is 0.277 e. The summed E-state index contributed by atoms with van der Waals surface area (Å²) in [6.45, 7) is 1.83. The van der Waals surface area contributed by atoms with Gasteiger partial charge in [0.2, 0.25) is 11.0 Å². The van der Waals surface area contributed by atoms with E-state index in [2.05, 4.69) is 25.7 Å². The van der Waals surface area contributed by atoms with Crippen molar-refractivity contribution in [2.45, 2.75) is 12.1 Å². The van der Waals surface area contributed by atoms with Crippen LogP contribution < -0.4 is 5.32 Å². The summed E-state index contributed by atoms with van der Waals surface area (Å²) in [5.74, 6) is 0.449. The van der Waals surface area contributed by atoms with Crippen LogP contribution in [0.2, 0.25) is 0 Å². The average molecular weight is 339 g/mol. The second-order valence-electron chi connectivity index (χ2n) is 3.81. The molecule has 0 atom stereocenters. The van der Waals surface area contributed by atoms with E-state index >= 15 is 0 Å². The van der Waals surface area contributed by atoms with Crippen LogP contribution >= 0.6 is 34.4 Å². The summed E-state index contributed by atoms with van der Waals surface area (Å²) in [7, 11) is 0. The lowest BCUT2D eigenvalue weighted by molar-refractivity contribution is -0.113. The summed E-state index contributed by atoms with van der Waals surface area (Å²) in [4.78, 5) is 12.7. The van der Waals surface area contributed by atoms with Crippen molar-refractivity contribution in [3.8, 4) is 10.8 Å². The van der Waals surface area contributed by atoms with E-state index < -0.39 is 0 Å². The van der Waals surface area contributed by atoms with Gasteiger partial charge in [-0.05, 0) is 18.4 Å². The normalized spacial score (nSPS) is 10.7. The van der Waals surface area contributed by atoms with E-state index in [1.165, 1.54) is 34.4 Å². The van der Waals surface area contributed by atoms with Crippen molar-refractivity contribution in [3.05, 3.63) is 22.5 Å². The third-order valence-electron chi connectivity index (χ3n) is 2.24. The topological polar surface area (TPSA) is 93.8 Å². The van der Waals surface area contributed by atoms with Gasteiger partial charge < -0.3 is 4.42 Å². The maximum absolute atomic E-state index is 11.7. The van der Waals surface area contributed by atoms with E-state index in [1.54, 1.807) is 0 Å². The molecule has 10 heteroatoms. The van der Waals surface area contributed by atoms with E-state index in [-0.39, 0.29) is 11.7 Å². The molecule has 0 saturated carbocycles. The summed E-state index contributed by atoms with van der Waals surface area (Å²) >= 11 is 4.03. The van der Waals surface area contributed by atoms with Crippen molar-refractivity contribution in [2.24, 2.45) is 0 Å². The maximum atomic E-state index is 11.7. The smallest absolute Gasteiger partial charge is 0.277 e. The van der Waals surface area contributed by atoms with Crippen LogP contribution in [0.5, 0.6) is 0 Å². The van der Waals surface area contributed by atoms with Gasteiger partial charge in [-0.3, -0.25) is 10.1 Å². The number of nitrogens with one attached hydrogen (secondary N) is 1. The van der Waals surface area contributed by atoms with E-state index in [9.17, 15) is 4.79 Å². The first kappa shape index (κ1) is 14.2. The van der Waals surface area contributed by atoms with Crippen LogP contribution in [-0.4, -0.2) is 32.1 Å². The van der Waals surface area contributed by atoms with Crippen molar-refractivity contribution in [1.29, 1.82) is 0 Å². The molecule has 0 radical (unpaired) electrons. The summed E-state index contributed by atoms with van der Waals surface area (Å²) in [5.41, 5.74) is 0. The molecule has 21 heavy (non-hydrogen) atoms. The number of aromatic nitrogens is 4. The molecule has 0 unspecified atom stereocenters. The van der Waals surface area contributed by atoms with Gasteiger partial charge in [0.25, 0.3) is 11.1 Å². The van der Waals surface area contributed by atoms with E-state index in [1.807, 2.05) is 24.4 Å². The van der Waals surface area contributed by atoms with Crippen LogP contribution in [0.3, 0.4) is 0 Å². The van der Waals surface area contributed by atoms with Crippen molar-refractivity contribution in [2.75, 3.05) is 11.1 Å². The fraction of sp³-hybridized carbons (Fsp3) is 0.182. The molecule has 3 aromatic rings. The summed E-state index contributed by atoms with van der Waals surface area (Å²) in [6.07, 6.45) is 0. The summed E-state index contributed by atoms with van der Waals surface area (Å²) in [6, 6.07) is 3.81. The number of aryl methyl sites for hydroxylation is 1. The van der Waals surface area contributed by atoms with E-state index in [4.69, 9.17) is 4.42 Å². The molecule has 1 N–H and O–H groups in total. The average Bonchev–Trinajstić information content (AvgIpc) is 3.17. The van der Waals surface area contributed by atoms with Crippen molar-refractivity contribution >= 4 is 45.5 Å². The highest BCUT2D eigenvalue weighted by Crippen LogP contribution is 2.26. The van der Waals surface area contributed by atoms with Gasteiger partial charge in [0.15, 0.2) is 0 Å². The lowest BCUT2D eigenvalue weighted by Crippen LogP contribution is -2.13. The molecule has 3 rings (SSSR count). The minimum Gasteiger partial charge on any atom is -0.410 e. The van der Waals surface area contributed by atoms with Crippen LogP contribution in [-0.2, 0) is 4.79 Å². The van der Waals surface area contributed by atoms with Gasteiger partial charge in [-0.15, -0.1) is 31.7 Å². The molecule has 0 aromatic carbocycles. The molecule has 108 valence electrons. The molecule has 0 aliphatic rings. The van der Waals surface area contributed by atoms with Crippen LogP contribution in [0.1, 0.15) is 5.01 Å². The first-order chi connectivity index (χ1) is 10.2. The van der Waals surface area contributed by atoms with Crippen molar-refractivity contribution in [1.82, 2.24) is 20.4 Å². The number of amides is 1. The van der Waals surface area contributed by atoms with Gasteiger partial charge in [-0.25, -0.2) is 0 Å². The third-order valence-corrected chi connectivity index (χ3v) is 4.67. The van der Waals surface area contributed by atoms with Crippen LogP contribution in [0.4, 0.5) is 5.13 Å². The first-order valence-electron chi connectivity index (χ1n) is 5.81. The number of thioether (sulfide) groups is 1. The minimum atomic E-state index is -0.188. The largest absolute Gasteiger partial charge is 0.410 e. The Morgan fingerprint density at radius 2 is 2.29 bits per heavy atom. The van der Waals surface area contributed by atoms with Crippen LogP contribution in [0.25, 0.3) is 10.8 Å². The SMILES string of the molecule is Cc1nnc(NC(=O)CSc2nnc(-c3cccs3)o2)s1. The highest BCUT2D eigenvalue weighted by molar-refractivity contribution is 7.99. The molecule has 0 fully saturated rings. The Kier molecular flexibility index (Phi) is 4.27. The molecule has 0 saturated heterocycles. The number of carbonyl (C=O) groups excluding carboxylic acids is 1. The molecule has 0 bridgehead atoms. The lowest BCUT2D eigenvalue weighted by atomic mass is 10.5. The zero-order chi connectivity index (χ0) is 14.7. The zero-order valence-corrected chi connectivity index (χ0v) is 13.2. The number of nitrogens with zero attached hydrogens (tertiary/aromatic N) is 4. The second-order valence-corrected chi connectivity index (χ2v) is 6.87. The van der Waals surface area contributed by atoms with E-state index in [0.717, 1.165) is 9.88 Å². The number of carbonyl (C=O) groups is 1. The fourth-order valence-electron chi connectivity index (χ4n) is 1.40. The predicted molar refractivity (Wildman–Crippen MR) is 81.6 cm³/mol. The number of thiophene rings is 1. The number of hydrogen-bond acceptors (Lipinski definition) is 9. The molecule has 7 nitrogen and oxygen atoms in total. The highest BCUT2D eigenvalue weighted by atomic mass is 32.2. The van der Waals surface area contributed by atoms with Crippen molar-refractivity contribution < 1.29 is 9.21 Å². The molecule has 3 heterocycles. The second kappa shape index (κ2) is 6.33. The molecule has 0 aliphatic carbocycles. The lowest BCUT2D eigenvalue weighted by Gasteiger charge is -1.97. The van der Waals surface area contributed by atoms with Crippen molar-refractivity contribution in [3.63, 3.8) is 0 Å². The Morgan fingerprint density at radius 1 is 1.38 bits per heavy atom. The molecule has 0 spiro atoms. The Bertz CT molecular complexity index is 737. The minimum absolute atomic E-state index is 0.171.